The van der Waals surface area contributed by atoms with E-state index in [2.05, 4.69) is 6.92 Å². The van der Waals surface area contributed by atoms with Crippen LogP contribution >= 0.6 is 0 Å². The Kier molecular flexibility index (Phi) is 4.30. The molecule has 0 aromatic carbocycles. The molecule has 1 saturated carbocycles. The Morgan fingerprint density at radius 2 is 2.00 bits per heavy atom. The SMILES string of the molecule is CCCCCC1(C2CCCCC2)COC(=O)O1. The van der Waals surface area contributed by atoms with Crippen LogP contribution in [0, 0.1) is 5.92 Å². The first-order valence-electron chi connectivity index (χ1n) is 7.12. The summed E-state index contributed by atoms with van der Waals surface area (Å²) in [5, 5.41) is 0. The van der Waals surface area contributed by atoms with Crippen LogP contribution in [0.2, 0.25) is 0 Å². The predicted octanol–water partition coefficient (Wildman–Crippen LogP) is 4.05. The van der Waals surface area contributed by atoms with E-state index in [-0.39, 0.29) is 5.60 Å². The minimum atomic E-state index is -0.452. The van der Waals surface area contributed by atoms with Crippen molar-refractivity contribution in [2.24, 2.45) is 5.92 Å². The first kappa shape index (κ1) is 12.7. The van der Waals surface area contributed by atoms with Gasteiger partial charge in [0.05, 0.1) is 0 Å². The predicted molar refractivity (Wildman–Crippen MR) is 65.9 cm³/mol. The molecular weight excluding hydrogens is 216 g/mol. The van der Waals surface area contributed by atoms with Crippen LogP contribution in [0.1, 0.15) is 64.7 Å². The molecule has 3 heteroatoms. The molecule has 2 fully saturated rings. The monoisotopic (exact) mass is 240 g/mol. The van der Waals surface area contributed by atoms with Crippen molar-refractivity contribution in [1.29, 1.82) is 0 Å². The molecule has 3 nitrogen and oxygen atoms in total. The fourth-order valence-electron chi connectivity index (χ4n) is 3.24. The Morgan fingerprint density at radius 3 is 2.59 bits per heavy atom. The molecular formula is C14H24O3. The first-order chi connectivity index (χ1) is 8.27. The highest BCUT2D eigenvalue weighted by molar-refractivity contribution is 5.62. The van der Waals surface area contributed by atoms with E-state index in [1.807, 2.05) is 0 Å². The Bertz CT molecular complexity index is 258. The number of hydrogen-bond donors (Lipinski definition) is 0. The van der Waals surface area contributed by atoms with Crippen LogP contribution in [0.3, 0.4) is 0 Å². The number of carbonyl (C=O) groups is 1. The van der Waals surface area contributed by atoms with Gasteiger partial charge in [0.15, 0.2) is 5.60 Å². The zero-order chi connectivity index (χ0) is 12.1. The van der Waals surface area contributed by atoms with E-state index in [1.54, 1.807) is 0 Å². The summed E-state index contributed by atoms with van der Waals surface area (Å²) in [6.45, 7) is 2.69. The Morgan fingerprint density at radius 1 is 1.24 bits per heavy atom. The van der Waals surface area contributed by atoms with E-state index in [1.165, 1.54) is 44.9 Å². The Labute approximate surface area is 104 Å². The summed E-state index contributed by atoms with van der Waals surface area (Å²) in [6, 6.07) is 0. The summed E-state index contributed by atoms with van der Waals surface area (Å²) in [4.78, 5) is 11.3. The van der Waals surface area contributed by atoms with Gasteiger partial charge in [-0.3, -0.25) is 0 Å². The van der Waals surface area contributed by atoms with Crippen molar-refractivity contribution < 1.29 is 14.3 Å². The molecule has 1 unspecified atom stereocenters. The molecule has 1 heterocycles. The minimum absolute atomic E-state index is 0.285. The summed E-state index contributed by atoms with van der Waals surface area (Å²) in [7, 11) is 0. The van der Waals surface area contributed by atoms with Gasteiger partial charge in [-0.1, -0.05) is 39.0 Å². The smallest absolute Gasteiger partial charge is 0.430 e. The molecule has 0 aromatic rings. The first-order valence-corrected chi connectivity index (χ1v) is 7.12. The van der Waals surface area contributed by atoms with Crippen LogP contribution in [0.5, 0.6) is 0 Å². The maximum atomic E-state index is 11.3. The lowest BCUT2D eigenvalue weighted by molar-refractivity contribution is -0.0178. The number of unbranched alkanes of at least 4 members (excludes halogenated alkanes) is 2. The molecule has 1 aliphatic heterocycles. The van der Waals surface area contributed by atoms with E-state index in [0.717, 1.165) is 12.8 Å². The molecule has 0 amide bonds. The highest BCUT2D eigenvalue weighted by atomic mass is 16.8. The number of hydrogen-bond acceptors (Lipinski definition) is 3. The Hall–Kier alpha value is -0.730. The lowest BCUT2D eigenvalue weighted by Gasteiger charge is -2.36. The van der Waals surface area contributed by atoms with Crippen LogP contribution in [0.15, 0.2) is 0 Å². The topological polar surface area (TPSA) is 35.5 Å². The second-order valence-electron chi connectivity index (χ2n) is 5.50. The van der Waals surface area contributed by atoms with Gasteiger partial charge in [0, 0.05) is 5.92 Å². The maximum Gasteiger partial charge on any atom is 0.509 e. The third-order valence-electron chi connectivity index (χ3n) is 4.27. The van der Waals surface area contributed by atoms with Crippen molar-refractivity contribution in [3.05, 3.63) is 0 Å². The lowest BCUT2D eigenvalue weighted by Crippen LogP contribution is -2.41. The average Bonchev–Trinajstić information content (AvgIpc) is 2.74. The largest absolute Gasteiger partial charge is 0.509 e. The lowest BCUT2D eigenvalue weighted by atomic mass is 9.75. The fraction of sp³-hybridized carbons (Fsp3) is 0.929. The molecule has 1 saturated heterocycles. The third-order valence-corrected chi connectivity index (χ3v) is 4.27. The van der Waals surface area contributed by atoms with Crippen LogP contribution in [0.25, 0.3) is 0 Å². The van der Waals surface area contributed by atoms with Crippen LogP contribution in [-0.2, 0) is 9.47 Å². The zero-order valence-electron chi connectivity index (χ0n) is 10.9. The highest BCUT2D eigenvalue weighted by Crippen LogP contribution is 2.41. The fourth-order valence-corrected chi connectivity index (χ4v) is 3.24. The molecule has 0 spiro atoms. The second kappa shape index (κ2) is 5.74. The molecule has 1 aliphatic carbocycles. The van der Waals surface area contributed by atoms with Crippen molar-refractivity contribution in [1.82, 2.24) is 0 Å². The van der Waals surface area contributed by atoms with E-state index in [0.29, 0.717) is 12.5 Å². The van der Waals surface area contributed by atoms with Gasteiger partial charge in [0.1, 0.15) is 6.61 Å². The van der Waals surface area contributed by atoms with Gasteiger partial charge in [-0.15, -0.1) is 0 Å². The molecule has 0 bridgehead atoms. The molecule has 0 radical (unpaired) electrons. The standard InChI is InChI=1S/C14H24O3/c1-2-3-7-10-14(11-16-13(15)17-14)12-8-5-4-6-9-12/h12H,2-11H2,1H3. The quantitative estimate of drug-likeness (QED) is 0.537. The Balaban J connectivity index is 1.98. The third kappa shape index (κ3) is 2.93. The molecule has 98 valence electrons. The van der Waals surface area contributed by atoms with E-state index < -0.39 is 6.16 Å². The number of rotatable bonds is 5. The van der Waals surface area contributed by atoms with Crippen molar-refractivity contribution in [2.75, 3.05) is 6.61 Å². The van der Waals surface area contributed by atoms with Crippen LogP contribution in [-0.4, -0.2) is 18.4 Å². The van der Waals surface area contributed by atoms with Gasteiger partial charge in [0.2, 0.25) is 0 Å². The van der Waals surface area contributed by atoms with Crippen molar-refractivity contribution >= 4 is 6.16 Å². The molecule has 17 heavy (non-hydrogen) atoms. The summed E-state index contributed by atoms with van der Waals surface area (Å²) < 4.78 is 10.7. The zero-order valence-corrected chi connectivity index (χ0v) is 10.9. The van der Waals surface area contributed by atoms with Gasteiger partial charge in [-0.05, 0) is 25.7 Å². The summed E-state index contributed by atoms with van der Waals surface area (Å²) in [6.07, 6.45) is 10.4. The molecule has 2 rings (SSSR count). The van der Waals surface area contributed by atoms with Gasteiger partial charge in [-0.25, -0.2) is 4.79 Å². The van der Waals surface area contributed by atoms with Crippen molar-refractivity contribution in [3.8, 4) is 0 Å². The van der Waals surface area contributed by atoms with Crippen molar-refractivity contribution in [3.63, 3.8) is 0 Å². The maximum absolute atomic E-state index is 11.3. The molecule has 0 N–H and O–H groups in total. The van der Waals surface area contributed by atoms with Gasteiger partial charge in [0.25, 0.3) is 0 Å². The van der Waals surface area contributed by atoms with Crippen LogP contribution < -0.4 is 0 Å². The molecule has 2 aliphatic rings. The number of ether oxygens (including phenoxy) is 2. The summed E-state index contributed by atoms with van der Waals surface area (Å²) in [5.41, 5.74) is -0.285. The summed E-state index contributed by atoms with van der Waals surface area (Å²) >= 11 is 0. The van der Waals surface area contributed by atoms with Gasteiger partial charge in [-0.2, -0.15) is 0 Å². The van der Waals surface area contributed by atoms with Crippen LogP contribution in [0.4, 0.5) is 4.79 Å². The molecule has 0 aromatic heterocycles. The number of carbonyl (C=O) groups excluding carboxylic acids is 1. The minimum Gasteiger partial charge on any atom is -0.430 e. The normalized spacial score (nSPS) is 30.1. The van der Waals surface area contributed by atoms with Crippen molar-refractivity contribution in [2.45, 2.75) is 70.3 Å². The highest BCUT2D eigenvalue weighted by Gasteiger charge is 2.48. The average molecular weight is 240 g/mol. The van der Waals surface area contributed by atoms with E-state index >= 15 is 0 Å². The van der Waals surface area contributed by atoms with E-state index in [9.17, 15) is 4.79 Å². The second-order valence-corrected chi connectivity index (χ2v) is 5.50. The summed E-state index contributed by atoms with van der Waals surface area (Å²) in [5.74, 6) is 0.527. The number of cyclic esters (lactones) is 2. The van der Waals surface area contributed by atoms with E-state index in [4.69, 9.17) is 9.47 Å². The van der Waals surface area contributed by atoms with Gasteiger partial charge < -0.3 is 9.47 Å². The van der Waals surface area contributed by atoms with Gasteiger partial charge >= 0.3 is 6.16 Å². The molecule has 1 atom stereocenters.